The Bertz CT molecular complexity index is 1550. The molecule has 0 heterocycles. The fraction of sp³-hybridized carbons (Fsp3) is 0.306. The van der Waals surface area contributed by atoms with Gasteiger partial charge in [0.15, 0.2) is 11.5 Å². The number of aryl methyl sites for hydroxylation is 1. The summed E-state index contributed by atoms with van der Waals surface area (Å²) in [4.78, 5) is 41.1. The minimum atomic E-state index is -1.15. The zero-order chi connectivity index (χ0) is 31.5. The van der Waals surface area contributed by atoms with Crippen molar-refractivity contribution in [2.45, 2.75) is 39.2 Å². The monoisotopic (exact) mass is 596 g/mol. The van der Waals surface area contributed by atoms with E-state index < -0.39 is 29.9 Å². The van der Waals surface area contributed by atoms with Crippen molar-refractivity contribution < 1.29 is 29.0 Å². The van der Waals surface area contributed by atoms with Crippen LogP contribution < -0.4 is 14.8 Å². The van der Waals surface area contributed by atoms with Crippen LogP contribution in [0.5, 0.6) is 11.5 Å². The summed E-state index contributed by atoms with van der Waals surface area (Å²) >= 11 is 0. The lowest BCUT2D eigenvalue weighted by molar-refractivity contribution is -0.140. The summed E-state index contributed by atoms with van der Waals surface area (Å²) in [6, 6.07) is 28.6. The molecule has 230 valence electrons. The smallest absolute Gasteiger partial charge is 0.326 e. The number of fused-ring (bicyclic) bond motifs is 1. The molecule has 4 rings (SSSR count). The molecular formula is C36H40N2O6. The number of hydrogen-bond acceptors (Lipinski definition) is 5. The number of urea groups is 1. The van der Waals surface area contributed by atoms with Gasteiger partial charge in [0.05, 0.1) is 13.0 Å². The standard InChI is InChI=1S/C36H40N2O6/c1-25(2)23-38(36(42)37-31(34(39)40)22-27-18-19-28-13-7-8-14-29(28)21-27)24-30(20-17-26-11-5-4-6-12-26)35(41)44-33-16-10-9-15-32(33)43-3/h4-16,18-19,21,25,30-31H,17,20,22-24H2,1-3H3,(H,37,42)(H,39,40)/t30-,31-/m0/s1. The van der Waals surface area contributed by atoms with Gasteiger partial charge in [-0.05, 0) is 52.8 Å². The number of rotatable bonds is 14. The number of nitrogens with one attached hydrogen (secondary N) is 1. The highest BCUT2D eigenvalue weighted by Gasteiger charge is 2.30. The van der Waals surface area contributed by atoms with E-state index in [9.17, 15) is 19.5 Å². The summed E-state index contributed by atoms with van der Waals surface area (Å²) in [6.07, 6.45) is 1.15. The van der Waals surface area contributed by atoms with Crippen LogP contribution in [0.2, 0.25) is 0 Å². The second kappa shape index (κ2) is 15.6. The Balaban J connectivity index is 1.53. The SMILES string of the molecule is COc1ccccc1OC(=O)[C@@H](CCc1ccccc1)CN(CC(C)C)C(=O)N[C@@H](Cc1ccc2ccccc2c1)C(=O)O. The maximum Gasteiger partial charge on any atom is 0.326 e. The molecule has 2 amide bonds. The van der Waals surface area contributed by atoms with Crippen molar-refractivity contribution in [1.29, 1.82) is 0 Å². The molecule has 0 aliphatic heterocycles. The molecule has 0 unspecified atom stereocenters. The Hall–Kier alpha value is -4.85. The van der Waals surface area contributed by atoms with E-state index in [1.165, 1.54) is 12.0 Å². The highest BCUT2D eigenvalue weighted by Crippen LogP contribution is 2.27. The van der Waals surface area contributed by atoms with Gasteiger partial charge in [0.1, 0.15) is 6.04 Å². The average Bonchev–Trinajstić information content (AvgIpc) is 3.02. The number of carbonyl (C=O) groups is 3. The lowest BCUT2D eigenvalue weighted by atomic mass is 9.98. The summed E-state index contributed by atoms with van der Waals surface area (Å²) < 4.78 is 11.1. The predicted octanol–water partition coefficient (Wildman–Crippen LogP) is 6.37. The average molecular weight is 597 g/mol. The number of esters is 1. The first-order valence-electron chi connectivity index (χ1n) is 14.9. The third-order valence-corrected chi connectivity index (χ3v) is 7.40. The number of ether oxygens (including phenoxy) is 2. The van der Waals surface area contributed by atoms with Gasteiger partial charge in [-0.1, -0.05) is 98.8 Å². The Morgan fingerprint density at radius 1 is 0.795 bits per heavy atom. The van der Waals surface area contributed by atoms with Crippen LogP contribution in [0.15, 0.2) is 97.1 Å². The molecule has 0 bridgehead atoms. The van der Waals surface area contributed by atoms with Crippen LogP contribution in [0.1, 0.15) is 31.4 Å². The zero-order valence-electron chi connectivity index (χ0n) is 25.4. The van der Waals surface area contributed by atoms with Gasteiger partial charge in [0.25, 0.3) is 0 Å². The predicted molar refractivity (Wildman–Crippen MR) is 171 cm³/mol. The lowest BCUT2D eigenvalue weighted by Gasteiger charge is -2.30. The molecule has 0 saturated heterocycles. The number of para-hydroxylation sites is 2. The van der Waals surface area contributed by atoms with Crippen molar-refractivity contribution in [3.05, 3.63) is 108 Å². The van der Waals surface area contributed by atoms with E-state index in [4.69, 9.17) is 9.47 Å². The number of benzene rings is 4. The fourth-order valence-corrected chi connectivity index (χ4v) is 5.15. The van der Waals surface area contributed by atoms with Gasteiger partial charge in [-0.2, -0.15) is 0 Å². The highest BCUT2D eigenvalue weighted by molar-refractivity contribution is 5.85. The number of methoxy groups -OCH3 is 1. The Kier molecular flexibility index (Phi) is 11.3. The summed E-state index contributed by atoms with van der Waals surface area (Å²) in [5, 5.41) is 14.8. The molecule has 0 fully saturated rings. The number of carbonyl (C=O) groups excluding carboxylic acids is 2. The first-order chi connectivity index (χ1) is 21.2. The van der Waals surface area contributed by atoms with Gasteiger partial charge in [-0.25, -0.2) is 9.59 Å². The van der Waals surface area contributed by atoms with Crippen LogP contribution in [0.3, 0.4) is 0 Å². The quantitative estimate of drug-likeness (QED) is 0.130. The van der Waals surface area contributed by atoms with Crippen molar-refractivity contribution >= 4 is 28.7 Å². The van der Waals surface area contributed by atoms with Crippen LogP contribution in [-0.2, 0) is 22.4 Å². The number of carboxylic acids is 1. The van der Waals surface area contributed by atoms with Gasteiger partial charge in [-0.3, -0.25) is 4.79 Å². The normalized spacial score (nSPS) is 12.4. The third-order valence-electron chi connectivity index (χ3n) is 7.40. The number of hydrogen-bond donors (Lipinski definition) is 2. The van der Waals surface area contributed by atoms with E-state index >= 15 is 0 Å². The number of carboxylic acid groups (broad SMARTS) is 1. The van der Waals surface area contributed by atoms with E-state index in [0.29, 0.717) is 30.9 Å². The summed E-state index contributed by atoms with van der Waals surface area (Å²) in [5.74, 6) is -1.49. The topological polar surface area (TPSA) is 105 Å². The molecule has 0 saturated carbocycles. The fourth-order valence-electron chi connectivity index (χ4n) is 5.15. The lowest BCUT2D eigenvalue weighted by Crippen LogP contribution is -2.51. The van der Waals surface area contributed by atoms with Crippen LogP contribution in [0.25, 0.3) is 10.8 Å². The molecule has 0 aliphatic carbocycles. The van der Waals surface area contributed by atoms with E-state index in [1.54, 1.807) is 24.3 Å². The number of aliphatic carboxylic acids is 1. The minimum absolute atomic E-state index is 0.0626. The number of amides is 2. The molecule has 2 atom stereocenters. The van der Waals surface area contributed by atoms with Crippen LogP contribution >= 0.6 is 0 Å². The minimum Gasteiger partial charge on any atom is -0.493 e. The third kappa shape index (κ3) is 9.07. The van der Waals surface area contributed by atoms with Crippen LogP contribution in [0, 0.1) is 11.8 Å². The second-order valence-corrected chi connectivity index (χ2v) is 11.3. The molecule has 8 heteroatoms. The molecule has 0 aromatic heterocycles. The van der Waals surface area contributed by atoms with Crippen LogP contribution in [-0.4, -0.2) is 54.2 Å². The first-order valence-corrected chi connectivity index (χ1v) is 14.9. The van der Waals surface area contributed by atoms with E-state index in [1.807, 2.05) is 86.6 Å². The Morgan fingerprint density at radius 2 is 1.45 bits per heavy atom. The van der Waals surface area contributed by atoms with E-state index in [2.05, 4.69) is 5.32 Å². The van der Waals surface area contributed by atoms with Crippen molar-refractivity contribution in [3.8, 4) is 11.5 Å². The van der Waals surface area contributed by atoms with Crippen molar-refractivity contribution in [2.75, 3.05) is 20.2 Å². The molecule has 44 heavy (non-hydrogen) atoms. The summed E-state index contributed by atoms with van der Waals surface area (Å²) in [5.41, 5.74) is 1.86. The van der Waals surface area contributed by atoms with Gasteiger partial charge >= 0.3 is 18.0 Å². The molecule has 0 radical (unpaired) electrons. The van der Waals surface area contributed by atoms with Gasteiger partial charge < -0.3 is 24.8 Å². The van der Waals surface area contributed by atoms with Crippen molar-refractivity contribution in [1.82, 2.24) is 10.2 Å². The highest BCUT2D eigenvalue weighted by atomic mass is 16.6. The molecule has 0 aliphatic rings. The molecular weight excluding hydrogens is 556 g/mol. The first kappa shape index (κ1) is 32.1. The second-order valence-electron chi connectivity index (χ2n) is 11.3. The largest absolute Gasteiger partial charge is 0.493 e. The van der Waals surface area contributed by atoms with Crippen LogP contribution in [0.4, 0.5) is 4.79 Å². The maximum absolute atomic E-state index is 13.7. The van der Waals surface area contributed by atoms with E-state index in [-0.39, 0.29) is 18.9 Å². The Labute approximate surface area is 258 Å². The van der Waals surface area contributed by atoms with E-state index in [0.717, 1.165) is 21.9 Å². The molecule has 8 nitrogen and oxygen atoms in total. The zero-order valence-corrected chi connectivity index (χ0v) is 25.4. The van der Waals surface area contributed by atoms with Gasteiger partial charge in [0, 0.05) is 19.5 Å². The van der Waals surface area contributed by atoms with Crippen molar-refractivity contribution in [2.24, 2.45) is 11.8 Å². The summed E-state index contributed by atoms with van der Waals surface area (Å²) in [6.45, 7) is 4.33. The van der Waals surface area contributed by atoms with Gasteiger partial charge in [0.2, 0.25) is 0 Å². The molecule has 4 aromatic rings. The Morgan fingerprint density at radius 3 is 2.14 bits per heavy atom. The summed E-state index contributed by atoms with van der Waals surface area (Å²) in [7, 11) is 1.51. The maximum atomic E-state index is 13.7. The van der Waals surface area contributed by atoms with Crippen molar-refractivity contribution in [3.63, 3.8) is 0 Å². The molecule has 4 aromatic carbocycles. The van der Waals surface area contributed by atoms with Gasteiger partial charge in [-0.15, -0.1) is 0 Å². The number of nitrogens with zero attached hydrogens (tertiary/aromatic N) is 1. The molecule has 2 N–H and O–H groups in total. The molecule has 0 spiro atoms.